The lowest BCUT2D eigenvalue weighted by Crippen LogP contribution is -2.07. The predicted octanol–water partition coefficient (Wildman–Crippen LogP) is 3.06. The van der Waals surface area contributed by atoms with Crippen molar-refractivity contribution in [3.8, 4) is 11.1 Å². The molecule has 4 nitrogen and oxygen atoms in total. The van der Waals surface area contributed by atoms with Gasteiger partial charge in [-0.15, -0.1) is 0 Å². The molecule has 4 heteroatoms. The molecule has 0 amide bonds. The highest BCUT2D eigenvalue weighted by Crippen LogP contribution is 2.29. The monoisotopic (exact) mass is 256 g/mol. The van der Waals surface area contributed by atoms with E-state index >= 15 is 0 Å². The molecule has 2 aromatic rings. The number of hydrogen-bond acceptors (Lipinski definition) is 2. The zero-order valence-electron chi connectivity index (χ0n) is 10.3. The summed E-state index contributed by atoms with van der Waals surface area (Å²) in [5.41, 5.74) is 1.82. The van der Waals surface area contributed by atoms with Crippen LogP contribution in [0.1, 0.15) is 26.3 Å². The third kappa shape index (κ3) is 2.33. The van der Waals surface area contributed by atoms with Gasteiger partial charge in [0.25, 0.3) is 0 Å². The van der Waals surface area contributed by atoms with E-state index in [1.165, 1.54) is 12.1 Å². The molecule has 0 radical (unpaired) electrons. The first-order valence-corrected chi connectivity index (χ1v) is 5.68. The summed E-state index contributed by atoms with van der Waals surface area (Å²) < 4.78 is 0. The van der Waals surface area contributed by atoms with Crippen molar-refractivity contribution in [2.24, 2.45) is 0 Å². The lowest BCUT2D eigenvalue weighted by molar-refractivity contribution is 0.0681. The van der Waals surface area contributed by atoms with Crippen LogP contribution in [-0.4, -0.2) is 22.2 Å². The first-order valence-electron chi connectivity index (χ1n) is 5.68. The molecule has 0 bridgehead atoms. The average molecular weight is 256 g/mol. The van der Waals surface area contributed by atoms with Gasteiger partial charge in [-0.05, 0) is 35.7 Å². The van der Waals surface area contributed by atoms with Gasteiger partial charge in [0.1, 0.15) is 0 Å². The van der Waals surface area contributed by atoms with Crippen molar-refractivity contribution in [3.63, 3.8) is 0 Å². The van der Waals surface area contributed by atoms with Crippen LogP contribution >= 0.6 is 0 Å². The number of rotatable bonds is 3. The summed E-state index contributed by atoms with van der Waals surface area (Å²) in [6.45, 7) is 1.62. The zero-order chi connectivity index (χ0) is 14.0. The third-order valence-electron chi connectivity index (χ3n) is 2.99. The van der Waals surface area contributed by atoms with Gasteiger partial charge >= 0.3 is 11.9 Å². The molecule has 0 heterocycles. The van der Waals surface area contributed by atoms with Crippen molar-refractivity contribution in [2.75, 3.05) is 0 Å². The van der Waals surface area contributed by atoms with Gasteiger partial charge in [-0.25, -0.2) is 9.59 Å². The van der Waals surface area contributed by atoms with Crippen LogP contribution in [0.4, 0.5) is 0 Å². The number of aromatic carboxylic acids is 2. The minimum Gasteiger partial charge on any atom is -0.478 e. The molecule has 2 rings (SSSR count). The minimum atomic E-state index is -1.07. The molecule has 0 aliphatic rings. The van der Waals surface area contributed by atoms with Crippen molar-refractivity contribution in [1.29, 1.82) is 0 Å². The molecule has 0 aromatic heterocycles. The van der Waals surface area contributed by atoms with Gasteiger partial charge < -0.3 is 10.2 Å². The maximum Gasteiger partial charge on any atom is 0.336 e. The second-order valence-corrected chi connectivity index (χ2v) is 4.14. The SMILES string of the molecule is Cc1c(C(=O)O)ccc(C(=O)O)c1-c1ccccc1. The van der Waals surface area contributed by atoms with Crippen molar-refractivity contribution in [1.82, 2.24) is 0 Å². The van der Waals surface area contributed by atoms with Gasteiger partial charge in [0.05, 0.1) is 11.1 Å². The molecule has 0 atom stereocenters. The zero-order valence-corrected chi connectivity index (χ0v) is 10.3. The van der Waals surface area contributed by atoms with E-state index in [0.29, 0.717) is 16.7 Å². The first kappa shape index (κ1) is 12.8. The van der Waals surface area contributed by atoms with Crippen LogP contribution in [0.2, 0.25) is 0 Å². The van der Waals surface area contributed by atoms with Crippen LogP contribution in [0.15, 0.2) is 42.5 Å². The summed E-state index contributed by atoms with van der Waals surface area (Å²) in [6, 6.07) is 11.6. The van der Waals surface area contributed by atoms with Crippen molar-refractivity contribution in [2.45, 2.75) is 6.92 Å². The standard InChI is InChI=1S/C15H12O4/c1-9-11(14(16)17)7-8-12(15(18)19)13(9)10-5-3-2-4-6-10/h2-8H,1H3,(H,16,17)(H,18,19). The summed E-state index contributed by atoms with van der Waals surface area (Å²) in [5, 5.41) is 18.4. The number of hydrogen-bond donors (Lipinski definition) is 2. The first-order chi connectivity index (χ1) is 9.02. The Balaban J connectivity index is 2.78. The number of benzene rings is 2. The Morgan fingerprint density at radius 2 is 1.37 bits per heavy atom. The molecular formula is C15H12O4. The summed E-state index contributed by atoms with van der Waals surface area (Å²) in [4.78, 5) is 22.4. The van der Waals surface area contributed by atoms with E-state index in [2.05, 4.69) is 0 Å². The third-order valence-corrected chi connectivity index (χ3v) is 2.99. The quantitative estimate of drug-likeness (QED) is 0.885. The van der Waals surface area contributed by atoms with Gasteiger partial charge in [-0.3, -0.25) is 0 Å². The molecule has 0 saturated carbocycles. The summed E-state index contributed by atoms with van der Waals surface area (Å²) in [5.74, 6) is -2.13. The van der Waals surface area contributed by atoms with E-state index in [-0.39, 0.29) is 11.1 Å². The fourth-order valence-electron chi connectivity index (χ4n) is 2.10. The van der Waals surface area contributed by atoms with Gasteiger partial charge in [-0.1, -0.05) is 30.3 Å². The lowest BCUT2D eigenvalue weighted by Gasteiger charge is -2.12. The molecule has 0 unspecified atom stereocenters. The largest absolute Gasteiger partial charge is 0.478 e. The molecule has 0 saturated heterocycles. The van der Waals surface area contributed by atoms with Gasteiger partial charge in [0, 0.05) is 0 Å². The Bertz CT molecular complexity index is 645. The second kappa shape index (κ2) is 4.94. The van der Waals surface area contributed by atoms with Crippen molar-refractivity contribution in [3.05, 3.63) is 59.2 Å². The fourth-order valence-corrected chi connectivity index (χ4v) is 2.10. The van der Waals surface area contributed by atoms with Crippen LogP contribution in [-0.2, 0) is 0 Å². The Labute approximate surface area is 109 Å². The Morgan fingerprint density at radius 1 is 0.842 bits per heavy atom. The Hall–Kier alpha value is -2.62. The second-order valence-electron chi connectivity index (χ2n) is 4.14. The van der Waals surface area contributed by atoms with Crippen LogP contribution in [0.5, 0.6) is 0 Å². The van der Waals surface area contributed by atoms with Crippen molar-refractivity contribution >= 4 is 11.9 Å². The minimum absolute atomic E-state index is 0.105. The highest BCUT2D eigenvalue weighted by molar-refractivity contribution is 6.01. The molecule has 0 spiro atoms. The normalized spacial score (nSPS) is 10.2. The van der Waals surface area contributed by atoms with E-state index in [1.807, 2.05) is 6.07 Å². The fraction of sp³-hybridized carbons (Fsp3) is 0.0667. The van der Waals surface area contributed by atoms with Gasteiger partial charge in [0.2, 0.25) is 0 Å². The maximum absolute atomic E-state index is 11.3. The van der Waals surface area contributed by atoms with Crippen molar-refractivity contribution < 1.29 is 19.8 Å². The molecule has 2 aromatic carbocycles. The maximum atomic E-state index is 11.3. The molecule has 19 heavy (non-hydrogen) atoms. The van der Waals surface area contributed by atoms with Crippen LogP contribution in [0, 0.1) is 6.92 Å². The summed E-state index contributed by atoms with van der Waals surface area (Å²) >= 11 is 0. The Kier molecular flexibility index (Phi) is 3.33. The number of carbonyl (C=O) groups is 2. The Morgan fingerprint density at radius 3 is 1.89 bits per heavy atom. The molecule has 2 N–H and O–H groups in total. The number of carboxylic acids is 2. The number of carboxylic acid groups (broad SMARTS) is 2. The topological polar surface area (TPSA) is 74.6 Å². The van der Waals surface area contributed by atoms with Crippen LogP contribution in [0.3, 0.4) is 0 Å². The van der Waals surface area contributed by atoms with Crippen LogP contribution in [0.25, 0.3) is 11.1 Å². The van der Waals surface area contributed by atoms with Crippen LogP contribution < -0.4 is 0 Å². The highest BCUT2D eigenvalue weighted by atomic mass is 16.4. The summed E-state index contributed by atoms with van der Waals surface area (Å²) in [6.07, 6.45) is 0. The van der Waals surface area contributed by atoms with E-state index in [4.69, 9.17) is 5.11 Å². The van der Waals surface area contributed by atoms with E-state index in [0.717, 1.165) is 0 Å². The molecule has 0 fully saturated rings. The van der Waals surface area contributed by atoms with E-state index in [9.17, 15) is 14.7 Å². The van der Waals surface area contributed by atoms with Gasteiger partial charge in [0.15, 0.2) is 0 Å². The molecular weight excluding hydrogens is 244 g/mol. The smallest absolute Gasteiger partial charge is 0.336 e. The summed E-state index contributed by atoms with van der Waals surface area (Å²) in [7, 11) is 0. The van der Waals surface area contributed by atoms with E-state index < -0.39 is 11.9 Å². The molecule has 0 aliphatic carbocycles. The average Bonchev–Trinajstić information content (AvgIpc) is 2.38. The predicted molar refractivity (Wildman–Crippen MR) is 70.5 cm³/mol. The molecule has 96 valence electrons. The van der Waals surface area contributed by atoms with E-state index in [1.54, 1.807) is 31.2 Å². The van der Waals surface area contributed by atoms with Gasteiger partial charge in [-0.2, -0.15) is 0 Å². The molecule has 0 aliphatic heterocycles. The highest BCUT2D eigenvalue weighted by Gasteiger charge is 2.19. The lowest BCUT2D eigenvalue weighted by atomic mass is 9.91.